The molecule has 0 aliphatic rings. The molecule has 8 heteroatoms. The molecule has 36 heavy (non-hydrogen) atoms. The highest BCUT2D eigenvalue weighted by atomic mass is 16.2. The van der Waals surface area contributed by atoms with Crippen LogP contribution in [0.4, 0.5) is 11.5 Å². The van der Waals surface area contributed by atoms with Gasteiger partial charge in [0.1, 0.15) is 5.82 Å². The first-order valence-electron chi connectivity index (χ1n) is 12.6. The van der Waals surface area contributed by atoms with Crippen LogP contribution < -0.4 is 27.2 Å². The molecule has 0 aliphatic heterocycles. The van der Waals surface area contributed by atoms with E-state index in [1.807, 2.05) is 69.3 Å². The first kappa shape index (κ1) is 26.9. The number of nitrogens with one attached hydrogen (secondary N) is 2. The molecule has 3 aromatic rings. The molecule has 1 amide bonds. The third-order valence-corrected chi connectivity index (χ3v) is 6.05. The summed E-state index contributed by atoms with van der Waals surface area (Å²) in [6.45, 7) is 6.61. The van der Waals surface area contributed by atoms with Crippen LogP contribution in [0.2, 0.25) is 0 Å². The van der Waals surface area contributed by atoms with Crippen LogP contribution in [-0.4, -0.2) is 28.5 Å². The maximum Gasteiger partial charge on any atom is 0.330 e. The van der Waals surface area contributed by atoms with Gasteiger partial charge in [-0.1, -0.05) is 87.9 Å². The largest absolute Gasteiger partial charge is 0.383 e. The van der Waals surface area contributed by atoms with Gasteiger partial charge >= 0.3 is 5.69 Å². The minimum atomic E-state index is -0.647. The Morgan fingerprint density at radius 3 is 2.31 bits per heavy atom. The summed E-state index contributed by atoms with van der Waals surface area (Å²) >= 11 is 0. The van der Waals surface area contributed by atoms with E-state index in [-0.39, 0.29) is 35.9 Å². The number of aromatic nitrogens is 2. The Morgan fingerprint density at radius 1 is 1.06 bits per heavy atom. The second-order valence-corrected chi connectivity index (χ2v) is 9.43. The molecule has 2 aromatic carbocycles. The molecule has 3 rings (SSSR count). The molecule has 4 N–H and O–H groups in total. The van der Waals surface area contributed by atoms with Crippen molar-refractivity contribution in [1.82, 2.24) is 14.9 Å². The molecule has 0 saturated carbocycles. The Balaban J connectivity index is 1.89. The number of aromatic amines is 1. The van der Waals surface area contributed by atoms with Gasteiger partial charge in [0.25, 0.3) is 5.56 Å². The van der Waals surface area contributed by atoms with Crippen molar-refractivity contribution in [2.24, 2.45) is 5.92 Å². The topological polar surface area (TPSA) is 113 Å². The monoisotopic (exact) mass is 491 g/mol. The summed E-state index contributed by atoms with van der Waals surface area (Å²) in [7, 11) is 0. The average molecular weight is 492 g/mol. The summed E-state index contributed by atoms with van der Waals surface area (Å²) in [4.78, 5) is 42.6. The lowest BCUT2D eigenvalue weighted by Gasteiger charge is -2.26. The molecular weight excluding hydrogens is 454 g/mol. The Labute approximate surface area is 212 Å². The number of nitrogens with zero attached hydrogens (tertiary/aromatic N) is 2. The van der Waals surface area contributed by atoms with Gasteiger partial charge in [0.05, 0.1) is 6.54 Å². The number of anilines is 2. The van der Waals surface area contributed by atoms with E-state index in [4.69, 9.17) is 5.73 Å². The summed E-state index contributed by atoms with van der Waals surface area (Å²) in [5.41, 5.74) is 7.36. The number of nitrogens with two attached hydrogens (primary N) is 1. The van der Waals surface area contributed by atoms with E-state index in [0.29, 0.717) is 25.9 Å². The normalized spacial score (nSPS) is 12.0. The number of unbranched alkanes of at least 4 members (excludes halogenated alkanes) is 1. The molecule has 0 bridgehead atoms. The number of H-pyrrole nitrogens is 1. The fourth-order valence-corrected chi connectivity index (χ4v) is 4.21. The summed E-state index contributed by atoms with van der Waals surface area (Å²) in [5, 5.41) is 3.40. The molecule has 0 saturated heterocycles. The van der Waals surface area contributed by atoms with Gasteiger partial charge in [0.15, 0.2) is 5.69 Å². The second-order valence-electron chi connectivity index (χ2n) is 9.43. The minimum Gasteiger partial charge on any atom is -0.383 e. The maximum atomic E-state index is 13.5. The lowest BCUT2D eigenvalue weighted by Crippen LogP contribution is -2.45. The van der Waals surface area contributed by atoms with E-state index in [2.05, 4.69) is 22.4 Å². The first-order valence-corrected chi connectivity index (χ1v) is 12.6. The number of carbonyl (C=O) groups excluding carboxylic acids is 1. The maximum absolute atomic E-state index is 13.5. The van der Waals surface area contributed by atoms with Crippen LogP contribution >= 0.6 is 0 Å². The van der Waals surface area contributed by atoms with Gasteiger partial charge in [-0.05, 0) is 29.9 Å². The highest BCUT2D eigenvalue weighted by Crippen LogP contribution is 2.21. The molecule has 1 aromatic heterocycles. The van der Waals surface area contributed by atoms with E-state index in [1.165, 1.54) is 9.47 Å². The Morgan fingerprint density at radius 2 is 1.69 bits per heavy atom. The quantitative estimate of drug-likeness (QED) is 0.359. The number of hydrogen-bond acceptors (Lipinski definition) is 5. The Hall–Kier alpha value is -3.65. The third kappa shape index (κ3) is 6.95. The molecule has 0 fully saturated rings. The Bertz CT molecular complexity index is 1240. The van der Waals surface area contributed by atoms with E-state index in [9.17, 15) is 14.4 Å². The minimum absolute atomic E-state index is 0.0122. The van der Waals surface area contributed by atoms with E-state index >= 15 is 0 Å². The van der Waals surface area contributed by atoms with Crippen LogP contribution in [-0.2, 0) is 17.8 Å². The highest BCUT2D eigenvalue weighted by molar-refractivity contribution is 5.96. The van der Waals surface area contributed by atoms with Crippen molar-refractivity contribution in [3.8, 4) is 0 Å². The average Bonchev–Trinajstić information content (AvgIpc) is 2.87. The van der Waals surface area contributed by atoms with E-state index < -0.39 is 11.2 Å². The van der Waals surface area contributed by atoms with Crippen molar-refractivity contribution >= 4 is 17.4 Å². The zero-order valence-corrected chi connectivity index (χ0v) is 21.4. The first-order chi connectivity index (χ1) is 17.3. The Kier molecular flexibility index (Phi) is 9.64. The van der Waals surface area contributed by atoms with E-state index in [1.54, 1.807) is 0 Å². The fourth-order valence-electron chi connectivity index (χ4n) is 4.21. The summed E-state index contributed by atoms with van der Waals surface area (Å²) < 4.78 is 1.34. The van der Waals surface area contributed by atoms with Crippen molar-refractivity contribution in [2.75, 3.05) is 23.7 Å². The molecule has 8 nitrogen and oxygen atoms in total. The lowest BCUT2D eigenvalue weighted by molar-refractivity contribution is -0.118. The van der Waals surface area contributed by atoms with Gasteiger partial charge in [0.2, 0.25) is 5.91 Å². The number of carbonyl (C=O) groups is 1. The third-order valence-electron chi connectivity index (χ3n) is 6.05. The fraction of sp³-hybridized carbons (Fsp3) is 0.393. The molecule has 0 radical (unpaired) electrons. The standard InChI is InChI=1S/C28H37N5O3/c1-4-5-16-32(25-26(29)33(19-20(2)3)28(36)31-27(25)35)24(34)18-30-23(22-14-10-7-11-15-22)17-21-12-8-6-9-13-21/h6-15,20,23,30H,4-5,16-19,29H2,1-3H3,(H,31,35,36)/t23-/m0/s1. The van der Waals surface area contributed by atoms with Crippen LogP contribution in [0, 0.1) is 5.92 Å². The van der Waals surface area contributed by atoms with Gasteiger partial charge in [-0.2, -0.15) is 0 Å². The van der Waals surface area contributed by atoms with Crippen molar-refractivity contribution in [3.05, 3.63) is 92.6 Å². The molecule has 1 atom stereocenters. The van der Waals surface area contributed by atoms with Gasteiger partial charge in [-0.3, -0.25) is 19.1 Å². The number of rotatable bonds is 12. The zero-order chi connectivity index (χ0) is 26.1. The van der Waals surface area contributed by atoms with Crippen LogP contribution in [0.1, 0.15) is 50.8 Å². The van der Waals surface area contributed by atoms with Gasteiger partial charge < -0.3 is 16.0 Å². The molecule has 0 unspecified atom stereocenters. The molecule has 0 spiro atoms. The van der Waals surface area contributed by atoms with Crippen LogP contribution in [0.3, 0.4) is 0 Å². The van der Waals surface area contributed by atoms with Crippen LogP contribution in [0.15, 0.2) is 70.3 Å². The second kappa shape index (κ2) is 12.9. The number of amides is 1. The smallest absolute Gasteiger partial charge is 0.330 e. The number of nitrogen functional groups attached to an aromatic ring is 1. The summed E-state index contributed by atoms with van der Waals surface area (Å²) in [5.74, 6) is -0.120. The summed E-state index contributed by atoms with van der Waals surface area (Å²) in [6.07, 6.45) is 2.23. The summed E-state index contributed by atoms with van der Waals surface area (Å²) in [6, 6.07) is 20.0. The van der Waals surface area contributed by atoms with Crippen molar-refractivity contribution in [2.45, 2.75) is 52.6 Å². The molecular formula is C28H37N5O3. The van der Waals surface area contributed by atoms with Crippen molar-refractivity contribution < 1.29 is 4.79 Å². The van der Waals surface area contributed by atoms with Crippen LogP contribution in [0.25, 0.3) is 0 Å². The predicted molar refractivity (Wildman–Crippen MR) is 145 cm³/mol. The van der Waals surface area contributed by atoms with Gasteiger partial charge in [-0.15, -0.1) is 0 Å². The van der Waals surface area contributed by atoms with Gasteiger partial charge in [-0.25, -0.2) is 4.79 Å². The predicted octanol–water partition coefficient (Wildman–Crippen LogP) is 3.48. The molecule has 1 heterocycles. The van der Waals surface area contributed by atoms with E-state index in [0.717, 1.165) is 17.5 Å². The number of benzene rings is 2. The lowest BCUT2D eigenvalue weighted by atomic mass is 9.99. The highest BCUT2D eigenvalue weighted by Gasteiger charge is 2.25. The molecule has 192 valence electrons. The zero-order valence-electron chi connectivity index (χ0n) is 21.4. The van der Waals surface area contributed by atoms with Crippen molar-refractivity contribution in [1.29, 1.82) is 0 Å². The van der Waals surface area contributed by atoms with Crippen molar-refractivity contribution in [3.63, 3.8) is 0 Å². The van der Waals surface area contributed by atoms with Gasteiger partial charge in [0, 0.05) is 19.1 Å². The number of hydrogen-bond donors (Lipinski definition) is 3. The molecule has 0 aliphatic carbocycles. The SMILES string of the molecule is CCCCN(C(=O)CN[C@@H](Cc1ccccc1)c1ccccc1)c1c(N)n(CC(C)C)c(=O)[nH]c1=O. The van der Waals surface area contributed by atoms with Crippen LogP contribution in [0.5, 0.6) is 0 Å².